The summed E-state index contributed by atoms with van der Waals surface area (Å²) in [5.74, 6) is 0. The van der Waals surface area contributed by atoms with Crippen LogP contribution in [0.1, 0.15) is 25.7 Å². The number of hydrogen-bond acceptors (Lipinski definition) is 5. The Morgan fingerprint density at radius 2 is 2.10 bits per heavy atom. The molecule has 0 unspecified atom stereocenters. The number of rotatable bonds is 7. The van der Waals surface area contributed by atoms with Crippen molar-refractivity contribution in [2.45, 2.75) is 36.7 Å². The molecule has 0 saturated heterocycles. The maximum absolute atomic E-state index is 12.5. The van der Waals surface area contributed by atoms with Crippen molar-refractivity contribution in [3.63, 3.8) is 0 Å². The van der Waals surface area contributed by atoms with Crippen LogP contribution in [0.25, 0.3) is 0 Å². The molecule has 2 rings (SSSR count). The molecule has 6 nitrogen and oxygen atoms in total. The maximum Gasteiger partial charge on any atom is 0.264 e. The minimum Gasteiger partial charge on any atom is -0.395 e. The summed E-state index contributed by atoms with van der Waals surface area (Å²) in [7, 11) is -2.23. The lowest BCUT2D eigenvalue weighted by Crippen LogP contribution is -2.31. The average Bonchev–Trinajstić information content (AvgIpc) is 2.98. The second-order valence-corrected chi connectivity index (χ2v) is 7.04. The summed E-state index contributed by atoms with van der Waals surface area (Å²) in [6.07, 6.45) is 3.95. The first-order valence-electron chi connectivity index (χ1n) is 7.14. The molecule has 0 spiro atoms. The highest BCUT2D eigenvalue weighted by Crippen LogP contribution is 2.25. The maximum atomic E-state index is 12.5. The van der Waals surface area contributed by atoms with Crippen LogP contribution in [0, 0.1) is 0 Å². The van der Waals surface area contributed by atoms with E-state index in [4.69, 9.17) is 9.94 Å². The third-order valence-corrected chi connectivity index (χ3v) is 5.12. The van der Waals surface area contributed by atoms with Crippen LogP contribution in [-0.2, 0) is 14.9 Å². The van der Waals surface area contributed by atoms with Crippen LogP contribution in [0.5, 0.6) is 0 Å². The molecule has 1 aliphatic carbocycles. The van der Waals surface area contributed by atoms with Crippen LogP contribution < -0.4 is 5.32 Å². The summed E-state index contributed by atoms with van der Waals surface area (Å²) in [6, 6.07) is 6.50. The standard InChI is InChI=1S/C14H22N2O4S/c1-16(20-13-6-2-3-7-13)21(18,19)14-8-4-5-12(11-14)15-9-10-17/h4-5,8,11,13,15,17H,2-3,6-7,9-10H2,1H3. The number of benzene rings is 1. The molecule has 0 heterocycles. The van der Waals surface area contributed by atoms with Crippen LogP contribution in [0.4, 0.5) is 5.69 Å². The summed E-state index contributed by atoms with van der Waals surface area (Å²) in [5.41, 5.74) is 0.652. The minimum absolute atomic E-state index is 0.0122. The molecule has 1 fully saturated rings. The van der Waals surface area contributed by atoms with E-state index < -0.39 is 10.0 Å². The predicted octanol–water partition coefficient (Wildman–Crippen LogP) is 1.59. The fraction of sp³-hybridized carbons (Fsp3) is 0.571. The van der Waals surface area contributed by atoms with E-state index in [1.54, 1.807) is 18.2 Å². The van der Waals surface area contributed by atoms with Gasteiger partial charge in [-0.15, -0.1) is 0 Å². The number of nitrogens with zero attached hydrogens (tertiary/aromatic N) is 1. The highest BCUT2D eigenvalue weighted by Gasteiger charge is 2.26. The summed E-state index contributed by atoms with van der Waals surface area (Å²) in [5, 5.41) is 11.7. The monoisotopic (exact) mass is 314 g/mol. The number of aliphatic hydroxyl groups excluding tert-OH is 1. The van der Waals surface area contributed by atoms with E-state index in [0.717, 1.165) is 30.2 Å². The lowest BCUT2D eigenvalue weighted by atomic mass is 10.3. The largest absolute Gasteiger partial charge is 0.395 e. The van der Waals surface area contributed by atoms with Gasteiger partial charge in [-0.25, -0.2) is 8.42 Å². The van der Waals surface area contributed by atoms with Gasteiger partial charge in [-0.05, 0) is 31.0 Å². The summed E-state index contributed by atoms with van der Waals surface area (Å²) in [6.45, 7) is 0.361. The van der Waals surface area contributed by atoms with Crippen molar-refractivity contribution in [1.29, 1.82) is 0 Å². The van der Waals surface area contributed by atoms with Gasteiger partial charge in [0.1, 0.15) is 0 Å². The Balaban J connectivity index is 2.10. The van der Waals surface area contributed by atoms with Crippen LogP contribution in [-0.4, -0.2) is 44.3 Å². The highest BCUT2D eigenvalue weighted by molar-refractivity contribution is 7.89. The van der Waals surface area contributed by atoms with E-state index in [1.165, 1.54) is 13.1 Å². The Morgan fingerprint density at radius 3 is 2.76 bits per heavy atom. The molecule has 118 valence electrons. The van der Waals surface area contributed by atoms with Crippen molar-refractivity contribution in [1.82, 2.24) is 4.47 Å². The molecular weight excluding hydrogens is 292 g/mol. The lowest BCUT2D eigenvalue weighted by molar-refractivity contribution is -0.113. The summed E-state index contributed by atoms with van der Waals surface area (Å²) < 4.78 is 25.9. The number of aliphatic hydroxyl groups is 1. The number of anilines is 1. The molecule has 1 saturated carbocycles. The molecule has 0 amide bonds. The molecule has 0 atom stereocenters. The average molecular weight is 314 g/mol. The smallest absolute Gasteiger partial charge is 0.264 e. The third-order valence-electron chi connectivity index (χ3n) is 3.51. The van der Waals surface area contributed by atoms with E-state index in [9.17, 15) is 8.42 Å². The zero-order valence-electron chi connectivity index (χ0n) is 12.2. The van der Waals surface area contributed by atoms with Crippen LogP contribution in [0.3, 0.4) is 0 Å². The molecule has 0 bridgehead atoms. The van der Waals surface area contributed by atoms with Gasteiger partial charge in [0.05, 0.1) is 17.6 Å². The summed E-state index contributed by atoms with van der Waals surface area (Å²) >= 11 is 0. The van der Waals surface area contributed by atoms with Crippen molar-refractivity contribution >= 4 is 15.7 Å². The zero-order valence-corrected chi connectivity index (χ0v) is 13.0. The molecule has 1 aliphatic rings. The molecule has 0 radical (unpaired) electrons. The zero-order chi connectivity index (χ0) is 15.3. The first kappa shape index (κ1) is 16.2. The van der Waals surface area contributed by atoms with Crippen LogP contribution >= 0.6 is 0 Å². The fourth-order valence-electron chi connectivity index (χ4n) is 2.38. The Bertz CT molecular complexity index is 556. The Kier molecular flexibility index (Phi) is 5.58. The third kappa shape index (κ3) is 4.16. The van der Waals surface area contributed by atoms with Crippen molar-refractivity contribution < 1.29 is 18.4 Å². The molecule has 0 aliphatic heterocycles. The minimum atomic E-state index is -3.67. The molecular formula is C14H22N2O4S. The normalized spacial score (nSPS) is 16.5. The molecule has 1 aromatic carbocycles. The van der Waals surface area contributed by atoms with E-state index >= 15 is 0 Å². The van der Waals surface area contributed by atoms with Crippen molar-refractivity contribution in [3.05, 3.63) is 24.3 Å². The Hall–Kier alpha value is -1.15. The molecule has 7 heteroatoms. The van der Waals surface area contributed by atoms with Gasteiger partial charge in [0.15, 0.2) is 0 Å². The van der Waals surface area contributed by atoms with E-state index in [2.05, 4.69) is 5.32 Å². The van der Waals surface area contributed by atoms with E-state index in [-0.39, 0.29) is 17.6 Å². The van der Waals surface area contributed by atoms with Gasteiger partial charge in [0, 0.05) is 19.3 Å². The van der Waals surface area contributed by atoms with Crippen molar-refractivity contribution in [3.8, 4) is 0 Å². The van der Waals surface area contributed by atoms with E-state index in [0.29, 0.717) is 12.2 Å². The number of hydroxylamine groups is 1. The van der Waals surface area contributed by atoms with Gasteiger partial charge in [-0.1, -0.05) is 23.4 Å². The Labute approximate surface area is 125 Å². The fourth-order valence-corrected chi connectivity index (χ4v) is 3.43. The second-order valence-electron chi connectivity index (χ2n) is 5.10. The second kappa shape index (κ2) is 7.22. The number of nitrogens with one attached hydrogen (secondary N) is 1. The topological polar surface area (TPSA) is 78.9 Å². The quantitative estimate of drug-likeness (QED) is 0.747. The Morgan fingerprint density at radius 1 is 1.38 bits per heavy atom. The van der Waals surface area contributed by atoms with Gasteiger partial charge < -0.3 is 10.4 Å². The first-order valence-corrected chi connectivity index (χ1v) is 8.58. The lowest BCUT2D eigenvalue weighted by Gasteiger charge is -2.21. The van der Waals surface area contributed by atoms with Gasteiger partial charge >= 0.3 is 0 Å². The number of sulfonamides is 1. The van der Waals surface area contributed by atoms with Crippen molar-refractivity contribution in [2.75, 3.05) is 25.5 Å². The van der Waals surface area contributed by atoms with Gasteiger partial charge in [0.25, 0.3) is 10.0 Å². The van der Waals surface area contributed by atoms with Crippen molar-refractivity contribution in [2.24, 2.45) is 0 Å². The van der Waals surface area contributed by atoms with E-state index in [1.807, 2.05) is 0 Å². The summed E-state index contributed by atoms with van der Waals surface area (Å²) in [4.78, 5) is 5.71. The number of hydrogen-bond donors (Lipinski definition) is 2. The molecule has 0 aromatic heterocycles. The molecule has 1 aromatic rings. The SMILES string of the molecule is CN(OC1CCCC1)S(=O)(=O)c1cccc(NCCO)c1. The van der Waals surface area contributed by atoms with Crippen LogP contribution in [0.2, 0.25) is 0 Å². The first-order chi connectivity index (χ1) is 10.0. The highest BCUT2D eigenvalue weighted by atomic mass is 32.2. The van der Waals surface area contributed by atoms with Gasteiger partial charge in [-0.3, -0.25) is 4.84 Å². The predicted molar refractivity (Wildman–Crippen MR) is 80.3 cm³/mol. The molecule has 2 N–H and O–H groups in total. The molecule has 21 heavy (non-hydrogen) atoms. The van der Waals surface area contributed by atoms with Gasteiger partial charge in [-0.2, -0.15) is 0 Å². The van der Waals surface area contributed by atoms with Crippen LogP contribution in [0.15, 0.2) is 29.2 Å². The van der Waals surface area contributed by atoms with Gasteiger partial charge in [0.2, 0.25) is 0 Å².